The monoisotopic (exact) mass is 397 g/mol. The Labute approximate surface area is 141 Å². The Hall–Kier alpha value is -0.0400. The molecule has 1 aliphatic heterocycles. The average Bonchev–Trinajstić information content (AvgIpc) is 2.35. The van der Waals surface area contributed by atoms with E-state index >= 15 is 0 Å². The van der Waals surface area contributed by atoms with E-state index in [1.165, 1.54) is 6.42 Å². The molecule has 4 nitrogen and oxygen atoms in total. The largest absolute Gasteiger partial charge is 0.377 e. The number of hydrogen-bond acceptors (Lipinski definition) is 2. The maximum atomic E-state index is 5.96. The summed E-state index contributed by atoms with van der Waals surface area (Å²) < 4.78 is 5.96. The summed E-state index contributed by atoms with van der Waals surface area (Å²) in [6.07, 6.45) is 3.64. The topological polar surface area (TPSA) is 59.6 Å². The van der Waals surface area contributed by atoms with Gasteiger partial charge in [-0.1, -0.05) is 27.7 Å². The zero-order valence-electron chi connectivity index (χ0n) is 13.6. The van der Waals surface area contributed by atoms with Crippen LogP contribution < -0.4 is 11.1 Å². The van der Waals surface area contributed by atoms with Crippen molar-refractivity contribution in [3.63, 3.8) is 0 Å². The Morgan fingerprint density at radius 3 is 2.65 bits per heavy atom. The fraction of sp³-hybridized carbons (Fsp3) is 0.933. The van der Waals surface area contributed by atoms with Crippen LogP contribution in [0.25, 0.3) is 0 Å². The van der Waals surface area contributed by atoms with E-state index in [1.54, 1.807) is 0 Å². The summed E-state index contributed by atoms with van der Waals surface area (Å²) in [7, 11) is 0. The third-order valence-electron chi connectivity index (χ3n) is 3.80. The van der Waals surface area contributed by atoms with Crippen molar-refractivity contribution >= 4 is 29.9 Å². The first kappa shape index (κ1) is 20.0. The number of halogens is 1. The van der Waals surface area contributed by atoms with E-state index in [9.17, 15) is 0 Å². The molecule has 0 radical (unpaired) electrons. The summed E-state index contributed by atoms with van der Waals surface area (Å²) in [6.45, 7) is 12.6. The summed E-state index contributed by atoms with van der Waals surface area (Å²) in [4.78, 5) is 4.50. The highest BCUT2D eigenvalue weighted by Gasteiger charge is 2.35. The van der Waals surface area contributed by atoms with Crippen LogP contribution in [0.5, 0.6) is 0 Å². The third kappa shape index (κ3) is 6.61. The molecule has 1 fully saturated rings. The van der Waals surface area contributed by atoms with Gasteiger partial charge in [-0.15, -0.1) is 24.0 Å². The number of hydrogen-bond donors (Lipinski definition) is 2. The fourth-order valence-electron chi connectivity index (χ4n) is 2.60. The lowest BCUT2D eigenvalue weighted by atomic mass is 9.78. The molecule has 0 aliphatic carbocycles. The average molecular weight is 397 g/mol. The molecule has 0 saturated carbocycles. The number of rotatable bonds is 4. The van der Waals surface area contributed by atoms with Gasteiger partial charge in [0.25, 0.3) is 0 Å². The van der Waals surface area contributed by atoms with Gasteiger partial charge in [0.05, 0.1) is 6.10 Å². The molecule has 1 aliphatic rings. The Balaban J connectivity index is 0.00000361. The van der Waals surface area contributed by atoms with E-state index < -0.39 is 0 Å². The smallest absolute Gasteiger partial charge is 0.188 e. The van der Waals surface area contributed by atoms with Crippen LogP contribution in [-0.2, 0) is 4.74 Å². The summed E-state index contributed by atoms with van der Waals surface area (Å²) in [5.74, 6) is 1.04. The predicted octanol–water partition coefficient (Wildman–Crippen LogP) is 3.15. The summed E-state index contributed by atoms with van der Waals surface area (Å²) >= 11 is 0. The van der Waals surface area contributed by atoms with Gasteiger partial charge in [-0.25, -0.2) is 0 Å². The second kappa shape index (κ2) is 9.07. The van der Waals surface area contributed by atoms with E-state index in [2.05, 4.69) is 44.9 Å². The SMILES string of the molecule is CCC(C)NC(N)=NCC1CCCOC1C(C)(C)C.I. The quantitative estimate of drug-likeness (QED) is 0.435. The van der Waals surface area contributed by atoms with E-state index in [1.807, 2.05) is 0 Å². The Bertz CT molecular complexity index is 302. The maximum Gasteiger partial charge on any atom is 0.188 e. The van der Waals surface area contributed by atoms with E-state index in [0.717, 1.165) is 26.0 Å². The molecule has 3 atom stereocenters. The van der Waals surface area contributed by atoms with Crippen molar-refractivity contribution in [1.29, 1.82) is 0 Å². The minimum Gasteiger partial charge on any atom is -0.377 e. The second-order valence-corrected chi connectivity index (χ2v) is 6.74. The van der Waals surface area contributed by atoms with Gasteiger partial charge in [0, 0.05) is 25.1 Å². The van der Waals surface area contributed by atoms with Gasteiger partial charge in [-0.3, -0.25) is 4.99 Å². The molecule has 0 aromatic rings. The number of guanidine groups is 1. The third-order valence-corrected chi connectivity index (χ3v) is 3.80. The Morgan fingerprint density at radius 1 is 1.45 bits per heavy atom. The lowest BCUT2D eigenvalue weighted by molar-refractivity contribution is -0.0823. The molecule has 0 aromatic heterocycles. The van der Waals surface area contributed by atoms with Crippen molar-refractivity contribution in [1.82, 2.24) is 5.32 Å². The molecular weight excluding hydrogens is 365 g/mol. The molecule has 0 aromatic carbocycles. The number of nitrogens with zero attached hydrogens (tertiary/aromatic N) is 1. The first-order valence-corrected chi connectivity index (χ1v) is 7.52. The zero-order chi connectivity index (χ0) is 14.5. The number of aliphatic imine (C=N–C) groups is 1. The van der Waals surface area contributed by atoms with Crippen molar-refractivity contribution in [3.8, 4) is 0 Å². The lowest BCUT2D eigenvalue weighted by Crippen LogP contribution is -2.42. The normalized spacial score (nSPS) is 25.8. The highest BCUT2D eigenvalue weighted by Crippen LogP contribution is 2.34. The minimum absolute atomic E-state index is 0. The van der Waals surface area contributed by atoms with Gasteiger partial charge < -0.3 is 15.8 Å². The van der Waals surface area contributed by atoms with Crippen LogP contribution in [-0.4, -0.2) is 31.3 Å². The zero-order valence-corrected chi connectivity index (χ0v) is 15.9. The predicted molar refractivity (Wildman–Crippen MR) is 96.7 cm³/mol. The molecule has 3 N–H and O–H groups in total. The van der Waals surface area contributed by atoms with E-state index in [0.29, 0.717) is 17.9 Å². The summed E-state index contributed by atoms with van der Waals surface area (Å²) in [5, 5.41) is 3.21. The van der Waals surface area contributed by atoms with Gasteiger partial charge >= 0.3 is 0 Å². The standard InChI is InChI=1S/C15H31N3O.HI/c1-6-11(2)18-14(16)17-10-12-8-7-9-19-13(12)15(3,4)5;/h11-13H,6-10H2,1-5H3,(H3,16,17,18);1H. The van der Waals surface area contributed by atoms with Crippen LogP contribution >= 0.6 is 24.0 Å². The molecule has 1 heterocycles. The van der Waals surface area contributed by atoms with Crippen LogP contribution in [0.1, 0.15) is 53.9 Å². The first-order chi connectivity index (χ1) is 8.84. The Morgan fingerprint density at radius 2 is 2.10 bits per heavy atom. The van der Waals surface area contributed by atoms with Crippen molar-refractivity contribution in [2.24, 2.45) is 22.1 Å². The highest BCUT2D eigenvalue weighted by atomic mass is 127. The van der Waals surface area contributed by atoms with Gasteiger partial charge in [0.2, 0.25) is 0 Å². The van der Waals surface area contributed by atoms with Crippen molar-refractivity contribution in [3.05, 3.63) is 0 Å². The molecule has 1 rings (SSSR count). The Kier molecular flexibility index (Phi) is 9.06. The minimum atomic E-state index is 0. The molecule has 0 spiro atoms. The lowest BCUT2D eigenvalue weighted by Gasteiger charge is -2.39. The van der Waals surface area contributed by atoms with Gasteiger partial charge in [0.15, 0.2) is 5.96 Å². The molecule has 1 saturated heterocycles. The summed E-state index contributed by atoms with van der Waals surface area (Å²) in [5.41, 5.74) is 6.09. The number of nitrogens with one attached hydrogen (secondary N) is 1. The molecule has 0 amide bonds. The van der Waals surface area contributed by atoms with E-state index in [-0.39, 0.29) is 35.5 Å². The van der Waals surface area contributed by atoms with Crippen LogP contribution in [0.3, 0.4) is 0 Å². The number of nitrogens with two attached hydrogens (primary N) is 1. The van der Waals surface area contributed by atoms with Crippen LogP contribution in [0.2, 0.25) is 0 Å². The highest BCUT2D eigenvalue weighted by molar-refractivity contribution is 14.0. The first-order valence-electron chi connectivity index (χ1n) is 7.52. The molecule has 120 valence electrons. The second-order valence-electron chi connectivity index (χ2n) is 6.74. The molecule has 20 heavy (non-hydrogen) atoms. The van der Waals surface area contributed by atoms with Crippen LogP contribution in [0.4, 0.5) is 0 Å². The number of ether oxygens (including phenoxy) is 1. The van der Waals surface area contributed by atoms with Crippen molar-refractivity contribution in [2.75, 3.05) is 13.2 Å². The fourth-order valence-corrected chi connectivity index (χ4v) is 2.60. The van der Waals surface area contributed by atoms with Gasteiger partial charge in [-0.05, 0) is 31.6 Å². The molecule has 0 bridgehead atoms. The van der Waals surface area contributed by atoms with Crippen LogP contribution in [0.15, 0.2) is 4.99 Å². The molecule has 5 heteroatoms. The molecular formula is C15H32IN3O. The molecule has 3 unspecified atom stereocenters. The summed E-state index contributed by atoms with van der Waals surface area (Å²) in [6, 6.07) is 0.379. The van der Waals surface area contributed by atoms with Gasteiger partial charge in [0.1, 0.15) is 0 Å². The van der Waals surface area contributed by atoms with Crippen molar-refractivity contribution < 1.29 is 4.74 Å². The van der Waals surface area contributed by atoms with Crippen LogP contribution in [0, 0.1) is 11.3 Å². The van der Waals surface area contributed by atoms with Crippen molar-refractivity contribution in [2.45, 2.75) is 66.0 Å². The maximum absolute atomic E-state index is 5.96. The van der Waals surface area contributed by atoms with Gasteiger partial charge in [-0.2, -0.15) is 0 Å². The van der Waals surface area contributed by atoms with E-state index in [4.69, 9.17) is 10.5 Å².